The summed E-state index contributed by atoms with van der Waals surface area (Å²) in [6.07, 6.45) is 0.707. The van der Waals surface area contributed by atoms with E-state index in [4.69, 9.17) is 4.42 Å². The number of furan rings is 1. The number of hydrogen-bond donors (Lipinski definition) is 1. The van der Waals surface area contributed by atoms with Gasteiger partial charge in [-0.25, -0.2) is 0 Å². The van der Waals surface area contributed by atoms with Crippen LogP contribution in [-0.4, -0.2) is 5.11 Å². The zero-order valence-corrected chi connectivity index (χ0v) is 9.95. The summed E-state index contributed by atoms with van der Waals surface area (Å²) in [5.74, 6) is 3.08. The van der Waals surface area contributed by atoms with Crippen molar-refractivity contribution in [2.45, 2.75) is 46.1 Å². The van der Waals surface area contributed by atoms with Crippen LogP contribution in [0.25, 0.3) is 0 Å². The smallest absolute Gasteiger partial charge is 0.133 e. The van der Waals surface area contributed by atoms with E-state index in [2.05, 4.69) is 6.92 Å². The van der Waals surface area contributed by atoms with E-state index in [1.807, 2.05) is 32.9 Å². The van der Waals surface area contributed by atoms with Gasteiger partial charge >= 0.3 is 0 Å². The second-order valence-electron chi connectivity index (χ2n) is 5.83. The van der Waals surface area contributed by atoms with Crippen molar-refractivity contribution in [1.29, 1.82) is 0 Å². The molecular formula is C13H20O2. The Morgan fingerprint density at radius 1 is 1.40 bits per heavy atom. The first-order valence-electron chi connectivity index (χ1n) is 5.67. The Hall–Kier alpha value is -0.760. The molecule has 0 aliphatic heterocycles. The minimum absolute atomic E-state index is 0.162. The standard InChI is InChI=1S/C13H20O2/c1-8-7-9(8)10-5-6-11(15-10)12(14)13(2,3)4/h5-6,8-9,12,14H,7H2,1-4H3. The van der Waals surface area contributed by atoms with Gasteiger partial charge in [0.1, 0.15) is 17.6 Å². The maximum absolute atomic E-state index is 10.0. The lowest BCUT2D eigenvalue weighted by Crippen LogP contribution is -2.17. The molecule has 2 nitrogen and oxygen atoms in total. The van der Waals surface area contributed by atoms with Crippen molar-refractivity contribution >= 4 is 0 Å². The molecule has 0 radical (unpaired) electrons. The first-order chi connectivity index (χ1) is 6.89. The zero-order valence-electron chi connectivity index (χ0n) is 9.95. The highest BCUT2D eigenvalue weighted by molar-refractivity contribution is 5.19. The SMILES string of the molecule is CC1CC1c1ccc(C(O)C(C)(C)C)o1. The van der Waals surface area contributed by atoms with Gasteiger partial charge in [-0.2, -0.15) is 0 Å². The summed E-state index contributed by atoms with van der Waals surface area (Å²) in [7, 11) is 0. The maximum atomic E-state index is 10.0. The molecule has 0 saturated heterocycles. The predicted molar refractivity (Wildman–Crippen MR) is 59.6 cm³/mol. The molecule has 1 aromatic rings. The van der Waals surface area contributed by atoms with E-state index in [1.54, 1.807) is 0 Å². The van der Waals surface area contributed by atoms with Gasteiger partial charge in [-0.1, -0.05) is 27.7 Å². The third kappa shape index (κ3) is 2.10. The Balaban J connectivity index is 2.13. The van der Waals surface area contributed by atoms with Crippen LogP contribution in [0.5, 0.6) is 0 Å². The van der Waals surface area contributed by atoms with Crippen LogP contribution >= 0.6 is 0 Å². The summed E-state index contributed by atoms with van der Waals surface area (Å²) in [6, 6.07) is 3.93. The lowest BCUT2D eigenvalue weighted by atomic mass is 9.88. The van der Waals surface area contributed by atoms with Gasteiger partial charge in [-0.15, -0.1) is 0 Å². The lowest BCUT2D eigenvalue weighted by Gasteiger charge is -2.23. The monoisotopic (exact) mass is 208 g/mol. The number of rotatable bonds is 2. The average Bonchev–Trinajstić information content (AvgIpc) is 2.67. The largest absolute Gasteiger partial charge is 0.463 e. The summed E-state index contributed by atoms with van der Waals surface area (Å²) in [6.45, 7) is 8.27. The zero-order chi connectivity index (χ0) is 11.2. The Morgan fingerprint density at radius 3 is 2.47 bits per heavy atom. The first kappa shape index (κ1) is 10.7. The summed E-state index contributed by atoms with van der Waals surface area (Å²) in [5.41, 5.74) is -0.162. The van der Waals surface area contributed by atoms with Crippen LogP contribution in [0.2, 0.25) is 0 Å². The third-order valence-corrected chi connectivity index (χ3v) is 3.21. The molecule has 1 fully saturated rings. The fourth-order valence-corrected chi connectivity index (χ4v) is 1.86. The van der Waals surface area contributed by atoms with Gasteiger partial charge in [0, 0.05) is 5.92 Å². The maximum Gasteiger partial charge on any atom is 0.133 e. The molecule has 3 atom stereocenters. The van der Waals surface area contributed by atoms with Crippen LogP contribution in [0.3, 0.4) is 0 Å². The van der Waals surface area contributed by atoms with Crippen molar-refractivity contribution in [3.63, 3.8) is 0 Å². The molecule has 2 heteroatoms. The normalized spacial score (nSPS) is 27.8. The molecule has 84 valence electrons. The Morgan fingerprint density at radius 2 is 2.00 bits per heavy atom. The third-order valence-electron chi connectivity index (χ3n) is 3.21. The fraction of sp³-hybridized carbons (Fsp3) is 0.692. The van der Waals surface area contributed by atoms with Crippen molar-refractivity contribution in [1.82, 2.24) is 0 Å². The van der Waals surface area contributed by atoms with Gasteiger partial charge in [0.2, 0.25) is 0 Å². The van der Waals surface area contributed by atoms with Crippen molar-refractivity contribution in [3.05, 3.63) is 23.7 Å². The molecule has 1 N–H and O–H groups in total. The summed E-state index contributed by atoms with van der Waals surface area (Å²) in [5, 5.41) is 10.0. The van der Waals surface area contributed by atoms with E-state index in [0.29, 0.717) is 11.7 Å². The van der Waals surface area contributed by atoms with Crippen LogP contribution in [0.15, 0.2) is 16.5 Å². The highest BCUT2D eigenvalue weighted by Gasteiger charge is 2.37. The Kier molecular flexibility index (Phi) is 2.42. The van der Waals surface area contributed by atoms with E-state index >= 15 is 0 Å². The molecule has 0 aromatic carbocycles. The van der Waals surface area contributed by atoms with Gasteiger partial charge < -0.3 is 9.52 Å². The molecule has 15 heavy (non-hydrogen) atoms. The van der Waals surface area contributed by atoms with Gasteiger partial charge in [0.05, 0.1) is 0 Å². The van der Waals surface area contributed by atoms with Crippen molar-refractivity contribution in [2.24, 2.45) is 11.3 Å². The van der Waals surface area contributed by atoms with E-state index < -0.39 is 6.10 Å². The van der Waals surface area contributed by atoms with Crippen LogP contribution in [0.1, 0.15) is 57.7 Å². The molecular weight excluding hydrogens is 188 g/mol. The summed E-state index contributed by atoms with van der Waals surface area (Å²) in [4.78, 5) is 0. The summed E-state index contributed by atoms with van der Waals surface area (Å²) < 4.78 is 5.72. The van der Waals surface area contributed by atoms with Crippen molar-refractivity contribution in [2.75, 3.05) is 0 Å². The number of hydrogen-bond acceptors (Lipinski definition) is 2. The van der Waals surface area contributed by atoms with Gasteiger partial charge in [0.15, 0.2) is 0 Å². The molecule has 0 spiro atoms. The second kappa shape index (κ2) is 3.38. The minimum Gasteiger partial charge on any atom is -0.463 e. The molecule has 3 unspecified atom stereocenters. The van der Waals surface area contributed by atoms with E-state index in [1.165, 1.54) is 6.42 Å². The fourth-order valence-electron chi connectivity index (χ4n) is 1.86. The quantitative estimate of drug-likeness (QED) is 0.807. The first-order valence-corrected chi connectivity index (χ1v) is 5.67. The van der Waals surface area contributed by atoms with E-state index in [-0.39, 0.29) is 5.41 Å². The number of aliphatic hydroxyl groups is 1. The molecule has 1 saturated carbocycles. The van der Waals surface area contributed by atoms with Crippen molar-refractivity contribution < 1.29 is 9.52 Å². The average molecular weight is 208 g/mol. The van der Waals surface area contributed by atoms with Crippen LogP contribution in [-0.2, 0) is 0 Å². The molecule has 0 bridgehead atoms. The van der Waals surface area contributed by atoms with E-state index in [0.717, 1.165) is 11.7 Å². The Bertz CT molecular complexity index is 346. The predicted octanol–water partition coefficient (Wildman–Crippen LogP) is 3.48. The van der Waals surface area contributed by atoms with Gasteiger partial charge in [-0.05, 0) is 29.9 Å². The van der Waals surface area contributed by atoms with Crippen molar-refractivity contribution in [3.8, 4) is 0 Å². The van der Waals surface area contributed by atoms with E-state index in [9.17, 15) is 5.11 Å². The highest BCUT2D eigenvalue weighted by Crippen LogP contribution is 2.48. The number of aliphatic hydroxyl groups excluding tert-OH is 1. The van der Waals surface area contributed by atoms with Crippen LogP contribution in [0, 0.1) is 11.3 Å². The minimum atomic E-state index is -0.514. The molecule has 1 aliphatic rings. The molecule has 2 rings (SSSR count). The molecule has 1 aromatic heterocycles. The summed E-state index contributed by atoms with van der Waals surface area (Å²) >= 11 is 0. The highest BCUT2D eigenvalue weighted by atomic mass is 16.4. The molecule has 0 amide bonds. The molecule has 1 aliphatic carbocycles. The molecule has 1 heterocycles. The van der Waals surface area contributed by atoms with Crippen LogP contribution < -0.4 is 0 Å². The topological polar surface area (TPSA) is 33.4 Å². The van der Waals surface area contributed by atoms with Crippen LogP contribution in [0.4, 0.5) is 0 Å². The van der Waals surface area contributed by atoms with Gasteiger partial charge in [0.25, 0.3) is 0 Å². The van der Waals surface area contributed by atoms with Gasteiger partial charge in [-0.3, -0.25) is 0 Å². The Labute approximate surface area is 91.3 Å². The lowest BCUT2D eigenvalue weighted by molar-refractivity contribution is 0.0424. The second-order valence-corrected chi connectivity index (χ2v) is 5.83.